The first-order chi connectivity index (χ1) is 12.8. The summed E-state index contributed by atoms with van der Waals surface area (Å²) in [7, 11) is 0. The van der Waals surface area contributed by atoms with Gasteiger partial charge in [-0.15, -0.1) is 0 Å². The number of ether oxygens (including phenoxy) is 1. The van der Waals surface area contributed by atoms with Crippen molar-refractivity contribution in [1.29, 1.82) is 0 Å². The molecule has 0 atom stereocenters. The van der Waals surface area contributed by atoms with Crippen LogP contribution in [0.25, 0.3) is 0 Å². The van der Waals surface area contributed by atoms with Gasteiger partial charge in [-0.3, -0.25) is 4.48 Å². The first-order valence-corrected chi connectivity index (χ1v) is 11.9. The number of hydrogen-bond donors (Lipinski definition) is 0. The van der Waals surface area contributed by atoms with Gasteiger partial charge in [-0.25, -0.2) is 0 Å². The van der Waals surface area contributed by atoms with E-state index in [9.17, 15) is 0 Å². The zero-order chi connectivity index (χ0) is 18.8. The number of nitrogens with zero attached hydrogens (tertiary/aromatic N) is 1. The lowest BCUT2D eigenvalue weighted by molar-refractivity contribution is -0.885. The molecule has 26 heavy (non-hydrogen) atoms. The van der Waals surface area contributed by atoms with Crippen molar-refractivity contribution < 1.29 is 9.22 Å². The minimum absolute atomic E-state index is 0.928. The molecule has 1 saturated heterocycles. The Bertz CT molecular complexity index is 320. The molecule has 0 aromatic heterocycles. The predicted octanol–water partition coefficient (Wildman–Crippen LogP) is 7.24. The molecule has 1 aliphatic heterocycles. The van der Waals surface area contributed by atoms with Gasteiger partial charge in [0.1, 0.15) is 13.1 Å². The number of morpholine rings is 1. The highest BCUT2D eigenvalue weighted by atomic mass is 16.5. The van der Waals surface area contributed by atoms with E-state index in [1.54, 1.807) is 0 Å². The van der Waals surface area contributed by atoms with Crippen LogP contribution in [0.1, 0.15) is 110 Å². The molecule has 0 radical (unpaired) electrons. The van der Waals surface area contributed by atoms with Gasteiger partial charge in [-0.1, -0.05) is 90.4 Å². The normalized spacial score (nSPS) is 17.2. The van der Waals surface area contributed by atoms with Crippen LogP contribution in [0.4, 0.5) is 0 Å². The molecule has 0 bridgehead atoms. The zero-order valence-electron chi connectivity index (χ0n) is 18.2. The van der Waals surface area contributed by atoms with Crippen molar-refractivity contribution in [2.24, 2.45) is 0 Å². The maximum absolute atomic E-state index is 5.51. The molecule has 1 fully saturated rings. The van der Waals surface area contributed by atoms with Gasteiger partial charge in [0.05, 0.1) is 26.0 Å². The lowest BCUT2D eigenvalue weighted by Crippen LogP contribution is -2.50. The number of unbranched alkanes of at least 4 members (excludes halogenated alkanes) is 14. The fourth-order valence-electron chi connectivity index (χ4n) is 4.03. The third kappa shape index (κ3) is 12.1. The number of quaternary nitrogens is 1. The molecule has 2 nitrogen and oxygen atoms in total. The van der Waals surface area contributed by atoms with Crippen molar-refractivity contribution in [2.75, 3.05) is 32.8 Å². The quantitative estimate of drug-likeness (QED) is 0.195. The smallest absolute Gasteiger partial charge is 0.107 e. The fourth-order valence-corrected chi connectivity index (χ4v) is 4.03. The third-order valence-electron chi connectivity index (χ3n) is 6.14. The molecule has 0 N–H and O–H groups in total. The van der Waals surface area contributed by atoms with Gasteiger partial charge in [0.25, 0.3) is 0 Å². The Kier molecular flexibility index (Phi) is 15.3. The van der Waals surface area contributed by atoms with E-state index in [2.05, 4.69) is 26.1 Å². The van der Waals surface area contributed by atoms with Crippen molar-refractivity contribution in [3.05, 3.63) is 12.3 Å². The molecule has 1 heterocycles. The van der Waals surface area contributed by atoms with Crippen LogP contribution in [-0.4, -0.2) is 37.3 Å². The lowest BCUT2D eigenvalue weighted by Gasteiger charge is -2.37. The van der Waals surface area contributed by atoms with Crippen LogP contribution in [-0.2, 0) is 4.74 Å². The number of rotatable bonds is 17. The summed E-state index contributed by atoms with van der Waals surface area (Å²) in [5.41, 5.74) is 0. The van der Waals surface area contributed by atoms with Crippen LogP contribution in [0.3, 0.4) is 0 Å². The second-order valence-corrected chi connectivity index (χ2v) is 8.36. The summed E-state index contributed by atoms with van der Waals surface area (Å²) in [6.07, 6.45) is 26.4. The highest BCUT2D eigenvalue weighted by molar-refractivity contribution is 4.76. The summed E-state index contributed by atoms with van der Waals surface area (Å²) in [5.74, 6) is 0. The van der Waals surface area contributed by atoms with Crippen LogP contribution >= 0.6 is 0 Å². The minimum atomic E-state index is 0.928. The van der Waals surface area contributed by atoms with E-state index in [0.717, 1.165) is 30.8 Å². The first kappa shape index (κ1) is 23.7. The number of hydrogen-bond acceptors (Lipinski definition) is 1. The van der Waals surface area contributed by atoms with Crippen molar-refractivity contribution >= 4 is 0 Å². The zero-order valence-corrected chi connectivity index (χ0v) is 18.2. The Morgan fingerprint density at radius 1 is 0.654 bits per heavy atom. The molecule has 0 amide bonds. The van der Waals surface area contributed by atoms with E-state index in [0.29, 0.717) is 0 Å². The van der Waals surface area contributed by atoms with E-state index in [1.165, 1.54) is 103 Å². The summed E-state index contributed by atoms with van der Waals surface area (Å²) in [4.78, 5) is 0. The standard InChI is InChI=1S/C24H48NO/c1-3-5-6-7-8-9-10-11-12-13-14-15-16-17-18-19-20-25(4-2)21-23-26-24-22-25/h19-20H,3-18,21-24H2,1-2H3/q+1. The highest BCUT2D eigenvalue weighted by Gasteiger charge is 2.25. The Balaban J connectivity index is 1.82. The Morgan fingerprint density at radius 2 is 1.12 bits per heavy atom. The van der Waals surface area contributed by atoms with Crippen LogP contribution < -0.4 is 0 Å². The van der Waals surface area contributed by atoms with Crippen molar-refractivity contribution in [2.45, 2.75) is 110 Å². The van der Waals surface area contributed by atoms with Crippen molar-refractivity contribution in [3.8, 4) is 0 Å². The average Bonchev–Trinajstić information content (AvgIpc) is 2.68. The lowest BCUT2D eigenvalue weighted by atomic mass is 10.0. The van der Waals surface area contributed by atoms with Gasteiger partial charge >= 0.3 is 0 Å². The molecule has 0 aromatic rings. The number of allylic oxidation sites excluding steroid dienone is 1. The third-order valence-corrected chi connectivity index (χ3v) is 6.14. The van der Waals surface area contributed by atoms with Crippen molar-refractivity contribution in [1.82, 2.24) is 0 Å². The predicted molar refractivity (Wildman–Crippen MR) is 115 cm³/mol. The van der Waals surface area contributed by atoms with Gasteiger partial charge in [-0.2, -0.15) is 0 Å². The molecule has 154 valence electrons. The van der Waals surface area contributed by atoms with E-state index in [4.69, 9.17) is 4.74 Å². The molecule has 0 aromatic carbocycles. The molecule has 1 rings (SSSR count). The topological polar surface area (TPSA) is 9.23 Å². The molecule has 0 unspecified atom stereocenters. The van der Waals surface area contributed by atoms with Gasteiger partial charge in [-0.05, 0) is 25.8 Å². The molecular weight excluding hydrogens is 318 g/mol. The van der Waals surface area contributed by atoms with Crippen LogP contribution in [0.2, 0.25) is 0 Å². The fraction of sp³-hybridized carbons (Fsp3) is 0.917. The van der Waals surface area contributed by atoms with E-state index >= 15 is 0 Å². The first-order valence-electron chi connectivity index (χ1n) is 11.9. The summed E-state index contributed by atoms with van der Waals surface area (Å²) in [6, 6.07) is 0. The Labute approximate surface area is 165 Å². The monoisotopic (exact) mass is 366 g/mol. The summed E-state index contributed by atoms with van der Waals surface area (Å²) in [5, 5.41) is 0. The average molecular weight is 367 g/mol. The highest BCUT2D eigenvalue weighted by Crippen LogP contribution is 2.15. The minimum Gasteiger partial charge on any atom is -0.370 e. The molecular formula is C24H48NO+. The SMILES string of the molecule is CCCCCCCCCCCCCCCCC=C[N+]1(CC)CCOCC1. The van der Waals surface area contributed by atoms with E-state index < -0.39 is 0 Å². The van der Waals surface area contributed by atoms with Crippen LogP contribution in [0.15, 0.2) is 12.3 Å². The molecule has 0 spiro atoms. The van der Waals surface area contributed by atoms with Crippen molar-refractivity contribution in [3.63, 3.8) is 0 Å². The largest absolute Gasteiger partial charge is 0.370 e. The summed E-state index contributed by atoms with van der Waals surface area (Å²) >= 11 is 0. The Hall–Kier alpha value is -0.340. The van der Waals surface area contributed by atoms with E-state index in [1.807, 2.05) is 0 Å². The maximum Gasteiger partial charge on any atom is 0.107 e. The van der Waals surface area contributed by atoms with Gasteiger partial charge in [0.2, 0.25) is 0 Å². The van der Waals surface area contributed by atoms with Gasteiger partial charge < -0.3 is 4.74 Å². The second kappa shape index (κ2) is 16.8. The summed E-state index contributed by atoms with van der Waals surface area (Å²) < 4.78 is 6.65. The van der Waals surface area contributed by atoms with Gasteiger partial charge in [0.15, 0.2) is 0 Å². The second-order valence-electron chi connectivity index (χ2n) is 8.36. The molecule has 0 saturated carbocycles. The van der Waals surface area contributed by atoms with E-state index in [-0.39, 0.29) is 0 Å². The Morgan fingerprint density at radius 3 is 1.58 bits per heavy atom. The maximum atomic E-state index is 5.51. The van der Waals surface area contributed by atoms with Crippen LogP contribution in [0.5, 0.6) is 0 Å². The molecule has 0 aliphatic carbocycles. The number of likely N-dealkylation sites (N-methyl/N-ethyl adjacent to an activating group) is 1. The molecule has 1 aliphatic rings. The van der Waals surface area contributed by atoms with Gasteiger partial charge in [0, 0.05) is 0 Å². The molecule has 2 heteroatoms. The van der Waals surface area contributed by atoms with Crippen LogP contribution in [0, 0.1) is 0 Å². The summed E-state index contributed by atoms with van der Waals surface area (Å²) in [6.45, 7) is 9.98.